The molecule has 1 amide bonds. The molecular formula is C16H21NO6. The molecule has 0 spiro atoms. The first-order valence-electron chi connectivity index (χ1n) is 7.72. The summed E-state index contributed by atoms with van der Waals surface area (Å²) in [6, 6.07) is 6.81. The quantitative estimate of drug-likeness (QED) is 0.490. The molecule has 3 rings (SSSR count). The molecule has 0 bridgehead atoms. The Kier molecular flexibility index (Phi) is 4.65. The van der Waals surface area contributed by atoms with Crippen LogP contribution in [0.25, 0.3) is 0 Å². The van der Waals surface area contributed by atoms with Gasteiger partial charge in [-0.1, -0.05) is 12.1 Å². The van der Waals surface area contributed by atoms with Crippen molar-refractivity contribution in [2.45, 2.75) is 49.4 Å². The van der Waals surface area contributed by atoms with E-state index < -0.39 is 37.1 Å². The number of aliphatic hydroxyl groups excluding tert-OH is 4. The average Bonchev–Trinajstić information content (AvgIpc) is 3.37. The maximum Gasteiger partial charge on any atom is 0.251 e. The van der Waals surface area contributed by atoms with Crippen LogP contribution in [0.15, 0.2) is 24.3 Å². The molecule has 7 heteroatoms. The minimum atomic E-state index is -1.44. The molecule has 5 N–H and O–H groups in total. The third-order valence-corrected chi connectivity index (χ3v) is 4.28. The fourth-order valence-electron chi connectivity index (χ4n) is 2.73. The summed E-state index contributed by atoms with van der Waals surface area (Å²) in [7, 11) is 0. The molecule has 5 atom stereocenters. The zero-order valence-corrected chi connectivity index (χ0v) is 12.5. The summed E-state index contributed by atoms with van der Waals surface area (Å²) in [5.74, 6) is -0.195. The van der Waals surface area contributed by atoms with Gasteiger partial charge in [0.1, 0.15) is 30.5 Å². The van der Waals surface area contributed by atoms with Crippen molar-refractivity contribution < 1.29 is 30.0 Å². The largest absolute Gasteiger partial charge is 0.394 e. The van der Waals surface area contributed by atoms with E-state index in [9.17, 15) is 25.2 Å². The van der Waals surface area contributed by atoms with Gasteiger partial charge in [0.05, 0.1) is 6.61 Å². The molecule has 126 valence electrons. The van der Waals surface area contributed by atoms with Gasteiger partial charge in [-0.05, 0) is 30.5 Å². The van der Waals surface area contributed by atoms with Gasteiger partial charge >= 0.3 is 0 Å². The SMILES string of the molecule is O=C(NC1CC1)c1cccc([C@H]2O[C@H](CO)[C@@H](O)[C@H](O)[C@H]2O)c1. The number of ether oxygens (including phenoxy) is 1. The lowest BCUT2D eigenvalue weighted by Crippen LogP contribution is -2.55. The van der Waals surface area contributed by atoms with Crippen LogP contribution in [-0.2, 0) is 4.74 Å². The van der Waals surface area contributed by atoms with E-state index in [0.29, 0.717) is 11.1 Å². The molecule has 23 heavy (non-hydrogen) atoms. The number of aliphatic hydroxyl groups is 4. The van der Waals surface area contributed by atoms with E-state index in [1.165, 1.54) is 0 Å². The van der Waals surface area contributed by atoms with Crippen molar-refractivity contribution in [2.24, 2.45) is 0 Å². The summed E-state index contributed by atoms with van der Waals surface area (Å²) in [6.07, 6.45) is -4.12. The summed E-state index contributed by atoms with van der Waals surface area (Å²) in [4.78, 5) is 12.1. The number of benzene rings is 1. The Morgan fingerprint density at radius 1 is 1.17 bits per heavy atom. The molecule has 0 radical (unpaired) electrons. The number of hydrogen-bond acceptors (Lipinski definition) is 6. The van der Waals surface area contributed by atoms with E-state index in [4.69, 9.17) is 4.74 Å². The van der Waals surface area contributed by atoms with Crippen LogP contribution < -0.4 is 5.32 Å². The fraction of sp³-hybridized carbons (Fsp3) is 0.562. The highest BCUT2D eigenvalue weighted by molar-refractivity contribution is 5.94. The van der Waals surface area contributed by atoms with E-state index in [1.807, 2.05) is 0 Å². The molecule has 0 aromatic heterocycles. The van der Waals surface area contributed by atoms with Gasteiger partial charge in [0.25, 0.3) is 5.91 Å². The fourth-order valence-corrected chi connectivity index (χ4v) is 2.73. The van der Waals surface area contributed by atoms with Gasteiger partial charge in [0.2, 0.25) is 0 Å². The van der Waals surface area contributed by atoms with Crippen molar-refractivity contribution in [2.75, 3.05) is 6.61 Å². The van der Waals surface area contributed by atoms with Gasteiger partial charge in [0.15, 0.2) is 0 Å². The molecule has 2 aliphatic rings. The lowest BCUT2D eigenvalue weighted by molar-refractivity contribution is -0.231. The van der Waals surface area contributed by atoms with Gasteiger partial charge in [-0.3, -0.25) is 4.79 Å². The monoisotopic (exact) mass is 323 g/mol. The second kappa shape index (κ2) is 6.54. The number of nitrogens with one attached hydrogen (secondary N) is 1. The minimum absolute atomic E-state index is 0.195. The second-order valence-electron chi connectivity index (χ2n) is 6.12. The van der Waals surface area contributed by atoms with Gasteiger partial charge in [-0.15, -0.1) is 0 Å². The third kappa shape index (κ3) is 3.39. The molecule has 1 saturated carbocycles. The van der Waals surface area contributed by atoms with Crippen LogP contribution in [0.2, 0.25) is 0 Å². The van der Waals surface area contributed by atoms with Crippen LogP contribution in [0.5, 0.6) is 0 Å². The molecule has 0 unspecified atom stereocenters. The highest BCUT2D eigenvalue weighted by Gasteiger charge is 2.44. The van der Waals surface area contributed by atoms with E-state index in [1.54, 1.807) is 24.3 Å². The zero-order chi connectivity index (χ0) is 16.6. The van der Waals surface area contributed by atoms with Gasteiger partial charge in [0, 0.05) is 11.6 Å². The van der Waals surface area contributed by atoms with Crippen molar-refractivity contribution in [1.29, 1.82) is 0 Å². The van der Waals surface area contributed by atoms with Gasteiger partial charge in [-0.2, -0.15) is 0 Å². The maximum atomic E-state index is 12.1. The summed E-state index contributed by atoms with van der Waals surface area (Å²) in [6.45, 7) is -0.483. The molecule has 1 aliphatic heterocycles. The van der Waals surface area contributed by atoms with E-state index in [-0.39, 0.29) is 11.9 Å². The summed E-state index contributed by atoms with van der Waals surface area (Å²) < 4.78 is 5.50. The number of amides is 1. The normalized spacial score (nSPS) is 34.2. The van der Waals surface area contributed by atoms with Crippen LogP contribution >= 0.6 is 0 Å². The molecule has 1 aromatic carbocycles. The van der Waals surface area contributed by atoms with Crippen LogP contribution in [0.1, 0.15) is 34.9 Å². The van der Waals surface area contributed by atoms with Gasteiger partial charge < -0.3 is 30.5 Å². The number of hydrogen-bond donors (Lipinski definition) is 5. The van der Waals surface area contributed by atoms with E-state index >= 15 is 0 Å². The lowest BCUT2D eigenvalue weighted by atomic mass is 9.90. The van der Waals surface area contributed by atoms with E-state index in [0.717, 1.165) is 12.8 Å². The molecular weight excluding hydrogens is 302 g/mol. The first-order chi connectivity index (χ1) is 11.0. The summed E-state index contributed by atoms with van der Waals surface area (Å²) >= 11 is 0. The Morgan fingerprint density at radius 2 is 1.91 bits per heavy atom. The molecule has 1 heterocycles. The second-order valence-corrected chi connectivity index (χ2v) is 6.12. The van der Waals surface area contributed by atoms with Crippen molar-refractivity contribution >= 4 is 5.91 Å². The minimum Gasteiger partial charge on any atom is -0.394 e. The van der Waals surface area contributed by atoms with Crippen LogP contribution in [-0.4, -0.2) is 63.4 Å². The maximum absolute atomic E-state index is 12.1. The summed E-state index contributed by atoms with van der Waals surface area (Å²) in [5, 5.41) is 41.9. The number of carbonyl (C=O) groups is 1. The third-order valence-electron chi connectivity index (χ3n) is 4.28. The molecule has 1 saturated heterocycles. The van der Waals surface area contributed by atoms with Gasteiger partial charge in [-0.25, -0.2) is 0 Å². The summed E-state index contributed by atoms with van der Waals surface area (Å²) in [5.41, 5.74) is 0.941. The first-order valence-corrected chi connectivity index (χ1v) is 7.72. The molecule has 2 fully saturated rings. The highest BCUT2D eigenvalue weighted by Crippen LogP contribution is 2.32. The van der Waals surface area contributed by atoms with Crippen LogP contribution in [0, 0.1) is 0 Å². The smallest absolute Gasteiger partial charge is 0.251 e. The van der Waals surface area contributed by atoms with Crippen molar-refractivity contribution in [3.63, 3.8) is 0 Å². The van der Waals surface area contributed by atoms with Crippen LogP contribution in [0.3, 0.4) is 0 Å². The molecule has 7 nitrogen and oxygen atoms in total. The van der Waals surface area contributed by atoms with Crippen molar-refractivity contribution in [1.82, 2.24) is 5.32 Å². The first kappa shape index (κ1) is 16.4. The molecule has 1 aromatic rings. The molecule has 1 aliphatic carbocycles. The Bertz CT molecular complexity index is 573. The van der Waals surface area contributed by atoms with Crippen molar-refractivity contribution in [3.05, 3.63) is 35.4 Å². The lowest BCUT2D eigenvalue weighted by Gasteiger charge is -2.40. The Labute approximate surface area is 133 Å². The number of carbonyl (C=O) groups excluding carboxylic acids is 1. The highest BCUT2D eigenvalue weighted by atomic mass is 16.5. The number of rotatable bonds is 4. The van der Waals surface area contributed by atoms with Crippen LogP contribution in [0.4, 0.5) is 0 Å². The average molecular weight is 323 g/mol. The standard InChI is InChI=1S/C16H21NO6/c18-7-11-12(19)13(20)14(21)15(23-11)8-2-1-3-9(6-8)16(22)17-10-4-5-10/h1-3,6,10-15,18-21H,4-5,7H2,(H,17,22)/t11-,12-,13+,14-,15-/m1/s1. The Hall–Kier alpha value is -1.51. The Morgan fingerprint density at radius 3 is 2.57 bits per heavy atom. The predicted molar refractivity (Wildman–Crippen MR) is 79.7 cm³/mol. The van der Waals surface area contributed by atoms with Crippen molar-refractivity contribution in [3.8, 4) is 0 Å². The zero-order valence-electron chi connectivity index (χ0n) is 12.5. The predicted octanol–water partition coefficient (Wildman–Crippen LogP) is -0.906. The Balaban J connectivity index is 1.80. The topological polar surface area (TPSA) is 119 Å². The van der Waals surface area contributed by atoms with E-state index in [2.05, 4.69) is 5.32 Å².